The number of carbonyl (C=O) groups excluding carboxylic acids is 2. The van der Waals surface area contributed by atoms with Gasteiger partial charge in [0.1, 0.15) is 5.00 Å². The molecule has 1 amide bonds. The first-order valence-electron chi connectivity index (χ1n) is 9.79. The van der Waals surface area contributed by atoms with E-state index < -0.39 is 0 Å². The summed E-state index contributed by atoms with van der Waals surface area (Å²) in [6.07, 6.45) is 2.97. The number of carbonyl (C=O) groups is 2. The highest BCUT2D eigenvalue weighted by molar-refractivity contribution is 7.17. The van der Waals surface area contributed by atoms with Crippen molar-refractivity contribution in [2.75, 3.05) is 26.1 Å². The summed E-state index contributed by atoms with van der Waals surface area (Å²) in [5.41, 5.74) is 2.36. The summed E-state index contributed by atoms with van der Waals surface area (Å²) in [6, 6.07) is 5.39. The summed E-state index contributed by atoms with van der Waals surface area (Å²) in [6.45, 7) is 4.30. The second-order valence-electron chi connectivity index (χ2n) is 7.19. The van der Waals surface area contributed by atoms with Crippen molar-refractivity contribution >= 4 is 28.2 Å². The van der Waals surface area contributed by atoms with Crippen molar-refractivity contribution < 1.29 is 23.8 Å². The molecule has 1 unspecified atom stereocenters. The van der Waals surface area contributed by atoms with Crippen LogP contribution in [0.4, 0.5) is 5.00 Å². The maximum atomic E-state index is 12.7. The van der Waals surface area contributed by atoms with Gasteiger partial charge in [-0.25, -0.2) is 4.79 Å². The Kier molecular flexibility index (Phi) is 6.79. The first kappa shape index (κ1) is 21.2. The summed E-state index contributed by atoms with van der Waals surface area (Å²) < 4.78 is 15.8. The molecule has 0 radical (unpaired) electrons. The molecule has 7 heteroatoms. The highest BCUT2D eigenvalue weighted by Gasteiger charge is 2.29. The Morgan fingerprint density at radius 3 is 2.66 bits per heavy atom. The number of thiophene rings is 1. The largest absolute Gasteiger partial charge is 0.493 e. The van der Waals surface area contributed by atoms with Gasteiger partial charge in [0.25, 0.3) is 0 Å². The highest BCUT2D eigenvalue weighted by atomic mass is 32.1. The Balaban J connectivity index is 1.82. The summed E-state index contributed by atoms with van der Waals surface area (Å²) >= 11 is 1.50. The molecule has 6 nitrogen and oxygen atoms in total. The fourth-order valence-electron chi connectivity index (χ4n) is 3.60. The van der Waals surface area contributed by atoms with Gasteiger partial charge in [-0.3, -0.25) is 4.79 Å². The minimum absolute atomic E-state index is 0.168. The summed E-state index contributed by atoms with van der Waals surface area (Å²) in [4.78, 5) is 26.5. The lowest BCUT2D eigenvalue weighted by Gasteiger charge is -2.18. The molecule has 3 rings (SSSR count). The number of rotatable bonds is 7. The summed E-state index contributed by atoms with van der Waals surface area (Å²) in [5, 5.41) is 3.53. The summed E-state index contributed by atoms with van der Waals surface area (Å²) in [5.74, 6) is 1.22. The van der Waals surface area contributed by atoms with E-state index in [4.69, 9.17) is 14.2 Å². The van der Waals surface area contributed by atoms with E-state index in [1.54, 1.807) is 33.3 Å². The molecular formula is C22H27NO5S. The van der Waals surface area contributed by atoms with Crippen LogP contribution in [0.3, 0.4) is 0 Å². The molecule has 1 heterocycles. The number of nitrogens with one attached hydrogen (secondary N) is 1. The van der Waals surface area contributed by atoms with Crippen LogP contribution >= 0.6 is 11.3 Å². The Morgan fingerprint density at radius 1 is 1.21 bits per heavy atom. The number of benzene rings is 1. The standard InChI is InChI=1S/C22H27NO5S/c1-5-28-22(25)20-15-8-6-13(2)10-18(15)29-21(20)23-19(24)12-14-7-9-16(26-3)17(11-14)27-4/h7,9,11,13H,5-6,8,10,12H2,1-4H3,(H,23,24). The van der Waals surface area contributed by atoms with E-state index in [1.807, 2.05) is 6.07 Å². The average Bonchev–Trinajstić information content (AvgIpc) is 3.04. The lowest BCUT2D eigenvalue weighted by atomic mass is 9.88. The summed E-state index contributed by atoms with van der Waals surface area (Å²) in [7, 11) is 3.13. The Hall–Kier alpha value is -2.54. The first-order valence-corrected chi connectivity index (χ1v) is 10.6. The Bertz CT molecular complexity index is 905. The molecule has 1 N–H and O–H groups in total. The van der Waals surface area contributed by atoms with E-state index in [-0.39, 0.29) is 18.3 Å². The topological polar surface area (TPSA) is 73.9 Å². The molecule has 0 saturated heterocycles. The number of methoxy groups -OCH3 is 2. The monoisotopic (exact) mass is 417 g/mol. The van der Waals surface area contributed by atoms with Crippen LogP contribution in [0, 0.1) is 5.92 Å². The zero-order valence-electron chi connectivity index (χ0n) is 17.3. The van der Waals surface area contributed by atoms with Gasteiger partial charge >= 0.3 is 5.97 Å². The van der Waals surface area contributed by atoms with Gasteiger partial charge in [0.05, 0.1) is 32.8 Å². The van der Waals surface area contributed by atoms with E-state index in [1.165, 1.54) is 16.2 Å². The Morgan fingerprint density at radius 2 is 1.97 bits per heavy atom. The maximum absolute atomic E-state index is 12.7. The number of amides is 1. The third-order valence-corrected chi connectivity index (χ3v) is 6.23. The molecule has 0 aliphatic heterocycles. The lowest BCUT2D eigenvalue weighted by molar-refractivity contribution is -0.115. The fraction of sp³-hybridized carbons (Fsp3) is 0.455. The van der Waals surface area contributed by atoms with Crippen molar-refractivity contribution in [2.24, 2.45) is 5.92 Å². The van der Waals surface area contributed by atoms with Crippen molar-refractivity contribution in [2.45, 2.75) is 39.5 Å². The average molecular weight is 418 g/mol. The molecule has 2 aromatic rings. The zero-order chi connectivity index (χ0) is 21.0. The van der Waals surface area contributed by atoms with Crippen LogP contribution in [0.2, 0.25) is 0 Å². The number of fused-ring (bicyclic) bond motifs is 1. The fourth-order valence-corrected chi connectivity index (χ4v) is 5.02. The second-order valence-corrected chi connectivity index (χ2v) is 8.30. The molecule has 156 valence electrons. The van der Waals surface area contributed by atoms with Gasteiger partial charge in [0.15, 0.2) is 11.5 Å². The molecule has 0 bridgehead atoms. The van der Waals surface area contributed by atoms with Crippen molar-refractivity contribution in [1.82, 2.24) is 0 Å². The maximum Gasteiger partial charge on any atom is 0.341 e. The van der Waals surface area contributed by atoms with Crippen LogP contribution in [-0.2, 0) is 28.8 Å². The van der Waals surface area contributed by atoms with Crippen LogP contribution in [0.1, 0.15) is 46.6 Å². The number of hydrogen-bond acceptors (Lipinski definition) is 6. The molecule has 1 aromatic carbocycles. The van der Waals surface area contributed by atoms with Crippen LogP contribution < -0.4 is 14.8 Å². The predicted molar refractivity (Wildman–Crippen MR) is 113 cm³/mol. The number of hydrogen-bond donors (Lipinski definition) is 1. The molecule has 1 aromatic heterocycles. The van der Waals surface area contributed by atoms with Gasteiger partial charge in [-0.05, 0) is 55.4 Å². The van der Waals surface area contributed by atoms with E-state index in [2.05, 4.69) is 12.2 Å². The third-order valence-electron chi connectivity index (χ3n) is 5.06. The molecule has 1 aliphatic carbocycles. The number of ether oxygens (including phenoxy) is 3. The van der Waals surface area contributed by atoms with E-state index in [9.17, 15) is 9.59 Å². The highest BCUT2D eigenvalue weighted by Crippen LogP contribution is 2.40. The minimum atomic E-state index is -0.360. The zero-order valence-corrected chi connectivity index (χ0v) is 18.1. The van der Waals surface area contributed by atoms with E-state index in [0.717, 1.165) is 30.4 Å². The van der Waals surface area contributed by atoms with Crippen LogP contribution in [-0.4, -0.2) is 32.7 Å². The molecule has 0 saturated carbocycles. The predicted octanol–water partition coefficient (Wildman–Crippen LogP) is 4.25. The number of anilines is 1. The number of esters is 1. The molecule has 0 fully saturated rings. The van der Waals surface area contributed by atoms with Crippen molar-refractivity contribution in [3.05, 3.63) is 39.8 Å². The van der Waals surface area contributed by atoms with Crippen molar-refractivity contribution in [3.63, 3.8) is 0 Å². The lowest BCUT2D eigenvalue weighted by Crippen LogP contribution is -2.17. The molecule has 29 heavy (non-hydrogen) atoms. The minimum Gasteiger partial charge on any atom is -0.493 e. The SMILES string of the molecule is CCOC(=O)c1c(NC(=O)Cc2ccc(OC)c(OC)c2)sc2c1CCC(C)C2. The van der Waals surface area contributed by atoms with Gasteiger partial charge in [-0.1, -0.05) is 13.0 Å². The molecule has 1 aliphatic rings. The smallest absolute Gasteiger partial charge is 0.341 e. The second kappa shape index (κ2) is 9.31. The van der Waals surface area contributed by atoms with Crippen LogP contribution in [0.25, 0.3) is 0 Å². The van der Waals surface area contributed by atoms with Crippen LogP contribution in [0.15, 0.2) is 18.2 Å². The quantitative estimate of drug-likeness (QED) is 0.682. The van der Waals surface area contributed by atoms with Crippen molar-refractivity contribution in [3.8, 4) is 11.5 Å². The van der Waals surface area contributed by atoms with E-state index in [0.29, 0.717) is 34.6 Å². The molecule has 0 spiro atoms. The molecular weight excluding hydrogens is 390 g/mol. The van der Waals surface area contributed by atoms with Crippen LogP contribution in [0.5, 0.6) is 11.5 Å². The van der Waals surface area contributed by atoms with Gasteiger partial charge in [-0.15, -0.1) is 11.3 Å². The van der Waals surface area contributed by atoms with Gasteiger partial charge < -0.3 is 19.5 Å². The van der Waals surface area contributed by atoms with E-state index >= 15 is 0 Å². The van der Waals surface area contributed by atoms with Gasteiger partial charge in [-0.2, -0.15) is 0 Å². The Labute approximate surface area is 175 Å². The van der Waals surface area contributed by atoms with Gasteiger partial charge in [0.2, 0.25) is 5.91 Å². The van der Waals surface area contributed by atoms with Crippen molar-refractivity contribution in [1.29, 1.82) is 0 Å². The normalized spacial score (nSPS) is 15.4. The molecule has 1 atom stereocenters. The first-order chi connectivity index (χ1) is 14.0. The van der Waals surface area contributed by atoms with Gasteiger partial charge in [0, 0.05) is 4.88 Å². The third kappa shape index (κ3) is 4.72.